The van der Waals surface area contributed by atoms with Crippen molar-refractivity contribution in [2.24, 2.45) is 12.2 Å². The molecule has 0 aliphatic rings. The normalized spacial score (nSPS) is 11.3. The molecule has 1 heterocycles. The van der Waals surface area contributed by atoms with Gasteiger partial charge in [-0.25, -0.2) is 18.5 Å². The van der Waals surface area contributed by atoms with Crippen molar-refractivity contribution in [1.29, 1.82) is 0 Å². The Bertz CT molecular complexity index is 770. The van der Waals surface area contributed by atoms with Gasteiger partial charge in [-0.1, -0.05) is 11.6 Å². The molecular weight excluding hydrogens is 304 g/mol. The third kappa shape index (κ3) is 2.98. The van der Waals surface area contributed by atoms with Crippen LogP contribution in [0.5, 0.6) is 0 Å². The summed E-state index contributed by atoms with van der Waals surface area (Å²) in [5.41, 5.74) is 0.464. The van der Waals surface area contributed by atoms with Gasteiger partial charge >= 0.3 is 0 Å². The van der Waals surface area contributed by atoms with Gasteiger partial charge in [0.15, 0.2) is 0 Å². The first-order valence-electron chi connectivity index (χ1n) is 5.39. The molecule has 0 radical (unpaired) electrons. The molecule has 1 amide bonds. The molecule has 106 valence electrons. The van der Waals surface area contributed by atoms with E-state index in [0.717, 1.165) is 0 Å². The predicted octanol–water partition coefficient (Wildman–Crippen LogP) is 0.973. The summed E-state index contributed by atoms with van der Waals surface area (Å²) in [6, 6.07) is 3.81. The van der Waals surface area contributed by atoms with E-state index in [-0.39, 0.29) is 15.6 Å². The van der Waals surface area contributed by atoms with Crippen LogP contribution in [0, 0.1) is 0 Å². The van der Waals surface area contributed by atoms with Crippen LogP contribution in [-0.2, 0) is 17.1 Å². The van der Waals surface area contributed by atoms with Crippen molar-refractivity contribution in [2.45, 2.75) is 4.90 Å². The minimum absolute atomic E-state index is 0.137. The zero-order valence-electron chi connectivity index (χ0n) is 10.4. The van der Waals surface area contributed by atoms with Crippen molar-refractivity contribution in [1.82, 2.24) is 9.55 Å². The summed E-state index contributed by atoms with van der Waals surface area (Å²) in [5, 5.41) is 7.74. The van der Waals surface area contributed by atoms with Gasteiger partial charge in [-0.15, -0.1) is 0 Å². The van der Waals surface area contributed by atoms with Gasteiger partial charge in [0.25, 0.3) is 5.91 Å². The number of benzene rings is 1. The highest BCUT2D eigenvalue weighted by Crippen LogP contribution is 2.25. The number of primary sulfonamides is 1. The van der Waals surface area contributed by atoms with Crippen LogP contribution in [0.25, 0.3) is 0 Å². The van der Waals surface area contributed by atoms with E-state index in [1.54, 1.807) is 7.05 Å². The molecule has 9 heteroatoms. The second kappa shape index (κ2) is 5.23. The molecule has 0 aliphatic heterocycles. The molecule has 2 aromatic rings. The second-order valence-electron chi connectivity index (χ2n) is 4.03. The number of nitrogens with one attached hydrogen (secondary N) is 1. The predicted molar refractivity (Wildman–Crippen MR) is 74.0 cm³/mol. The molecule has 0 saturated carbocycles. The van der Waals surface area contributed by atoms with Crippen LogP contribution in [0.3, 0.4) is 0 Å². The zero-order valence-corrected chi connectivity index (χ0v) is 11.9. The van der Waals surface area contributed by atoms with Crippen LogP contribution in [0.2, 0.25) is 5.02 Å². The van der Waals surface area contributed by atoms with E-state index in [0.29, 0.717) is 5.69 Å². The Labute approximate surface area is 120 Å². The number of carbonyl (C=O) groups is 1. The van der Waals surface area contributed by atoms with Crippen LogP contribution in [-0.4, -0.2) is 23.9 Å². The third-order valence-corrected chi connectivity index (χ3v) is 3.80. The highest BCUT2D eigenvalue weighted by molar-refractivity contribution is 7.89. The number of nitrogens with zero attached hydrogens (tertiary/aromatic N) is 2. The monoisotopic (exact) mass is 314 g/mol. The number of hydrogen-bond donors (Lipinski definition) is 2. The second-order valence-corrected chi connectivity index (χ2v) is 6.00. The summed E-state index contributed by atoms with van der Waals surface area (Å²) in [7, 11) is -2.21. The Kier molecular flexibility index (Phi) is 3.80. The van der Waals surface area contributed by atoms with Crippen LogP contribution < -0.4 is 10.5 Å². The minimum atomic E-state index is -3.87. The number of sulfonamides is 1. The summed E-state index contributed by atoms with van der Waals surface area (Å²) in [6.07, 6.45) is 2.85. The van der Waals surface area contributed by atoms with Crippen LogP contribution in [0.1, 0.15) is 10.5 Å². The van der Waals surface area contributed by atoms with Gasteiger partial charge in [-0.3, -0.25) is 4.79 Å². The summed E-state index contributed by atoms with van der Waals surface area (Å²) in [4.78, 5) is 15.7. The topological polar surface area (TPSA) is 107 Å². The summed E-state index contributed by atoms with van der Waals surface area (Å²) >= 11 is 5.92. The van der Waals surface area contributed by atoms with E-state index < -0.39 is 15.9 Å². The maximum absolute atomic E-state index is 12.0. The molecule has 20 heavy (non-hydrogen) atoms. The lowest BCUT2D eigenvalue weighted by molar-refractivity contribution is 0.101. The maximum Gasteiger partial charge on any atom is 0.273 e. The molecule has 3 N–H and O–H groups in total. The number of halogens is 1. The molecule has 0 bridgehead atoms. The average Bonchev–Trinajstić information content (AvgIpc) is 2.77. The van der Waals surface area contributed by atoms with E-state index in [1.807, 2.05) is 0 Å². The Morgan fingerprint density at radius 1 is 1.45 bits per heavy atom. The number of hydrogen-bond acceptors (Lipinski definition) is 4. The quantitative estimate of drug-likeness (QED) is 0.880. The molecule has 1 aromatic carbocycles. The van der Waals surface area contributed by atoms with Crippen molar-refractivity contribution in [3.8, 4) is 0 Å². The molecule has 1 aromatic heterocycles. The fraction of sp³-hybridized carbons (Fsp3) is 0.0909. The molecule has 0 aliphatic carbocycles. The smallest absolute Gasteiger partial charge is 0.273 e. The van der Waals surface area contributed by atoms with Crippen molar-refractivity contribution in [3.05, 3.63) is 41.4 Å². The Balaban J connectivity index is 2.34. The SMILES string of the molecule is Cn1cncc1C(=O)Nc1cc(S(N)(=O)=O)ccc1Cl. The zero-order chi connectivity index (χ0) is 14.9. The molecule has 0 spiro atoms. The van der Waals surface area contributed by atoms with Gasteiger partial charge in [0.1, 0.15) is 5.69 Å². The molecule has 0 saturated heterocycles. The molecule has 0 fully saturated rings. The number of carbonyl (C=O) groups excluding carboxylic acids is 1. The largest absolute Gasteiger partial charge is 0.330 e. The van der Waals surface area contributed by atoms with Gasteiger partial charge in [0.2, 0.25) is 10.0 Å². The number of aryl methyl sites for hydroxylation is 1. The van der Waals surface area contributed by atoms with Crippen LogP contribution in [0.15, 0.2) is 35.6 Å². The standard InChI is InChI=1S/C11H11ClN4O3S/c1-16-6-14-5-10(16)11(17)15-9-4-7(20(13,18)19)2-3-8(9)12/h2-6H,1H3,(H,15,17)(H2,13,18,19). The van der Waals surface area contributed by atoms with Crippen molar-refractivity contribution in [2.75, 3.05) is 5.32 Å². The fourth-order valence-corrected chi connectivity index (χ4v) is 2.24. The van der Waals surface area contributed by atoms with Crippen molar-refractivity contribution < 1.29 is 13.2 Å². The summed E-state index contributed by atoms with van der Waals surface area (Å²) in [6.45, 7) is 0. The molecule has 7 nitrogen and oxygen atoms in total. The number of nitrogens with two attached hydrogens (primary N) is 1. The van der Waals surface area contributed by atoms with Gasteiger partial charge in [0.05, 0.1) is 28.1 Å². The van der Waals surface area contributed by atoms with E-state index in [4.69, 9.17) is 16.7 Å². The van der Waals surface area contributed by atoms with E-state index in [2.05, 4.69) is 10.3 Å². The first-order valence-corrected chi connectivity index (χ1v) is 7.31. The lowest BCUT2D eigenvalue weighted by atomic mass is 10.3. The number of amides is 1. The van der Waals surface area contributed by atoms with E-state index in [9.17, 15) is 13.2 Å². The first-order chi connectivity index (χ1) is 9.29. The molecule has 0 unspecified atom stereocenters. The van der Waals surface area contributed by atoms with Crippen molar-refractivity contribution in [3.63, 3.8) is 0 Å². The Hall–Kier alpha value is -1.90. The fourth-order valence-electron chi connectivity index (χ4n) is 1.54. The average molecular weight is 315 g/mol. The highest BCUT2D eigenvalue weighted by Gasteiger charge is 2.15. The van der Waals surface area contributed by atoms with Crippen LogP contribution in [0.4, 0.5) is 5.69 Å². The third-order valence-electron chi connectivity index (χ3n) is 2.56. The molecular formula is C11H11ClN4O3S. The maximum atomic E-state index is 12.0. The lowest BCUT2D eigenvalue weighted by Gasteiger charge is -2.09. The number of imidazole rings is 1. The highest BCUT2D eigenvalue weighted by atomic mass is 35.5. The molecule has 0 atom stereocenters. The Morgan fingerprint density at radius 2 is 2.15 bits per heavy atom. The van der Waals surface area contributed by atoms with E-state index >= 15 is 0 Å². The lowest BCUT2D eigenvalue weighted by Crippen LogP contribution is -2.17. The summed E-state index contributed by atoms with van der Waals surface area (Å²) < 4.78 is 24.1. The molecule has 2 rings (SSSR count). The number of anilines is 1. The van der Waals surface area contributed by atoms with Crippen LogP contribution >= 0.6 is 11.6 Å². The number of aromatic nitrogens is 2. The Morgan fingerprint density at radius 3 is 2.70 bits per heavy atom. The minimum Gasteiger partial charge on any atom is -0.330 e. The van der Waals surface area contributed by atoms with Gasteiger partial charge in [-0.05, 0) is 18.2 Å². The summed E-state index contributed by atoms with van der Waals surface area (Å²) in [5.74, 6) is -0.460. The van der Waals surface area contributed by atoms with E-state index in [1.165, 1.54) is 35.3 Å². The first kappa shape index (κ1) is 14.5. The van der Waals surface area contributed by atoms with Gasteiger partial charge < -0.3 is 9.88 Å². The van der Waals surface area contributed by atoms with Crippen molar-refractivity contribution >= 4 is 33.2 Å². The van der Waals surface area contributed by atoms with Gasteiger partial charge in [0, 0.05) is 7.05 Å². The number of rotatable bonds is 3. The van der Waals surface area contributed by atoms with Gasteiger partial charge in [-0.2, -0.15) is 0 Å².